The summed E-state index contributed by atoms with van der Waals surface area (Å²) in [6.45, 7) is 14.0. The number of nitrogens with one attached hydrogen (secondary N) is 1. The molecule has 2 aliphatic heterocycles. The number of nitrogens with zero attached hydrogens (tertiary/aromatic N) is 8. The van der Waals surface area contributed by atoms with Crippen LogP contribution in [0.15, 0.2) is 36.8 Å². The van der Waals surface area contributed by atoms with Crippen molar-refractivity contribution in [3.63, 3.8) is 0 Å². The van der Waals surface area contributed by atoms with Gasteiger partial charge >= 0.3 is 6.09 Å². The molecule has 0 aliphatic carbocycles. The standard InChI is InChI=1S/C30H36FN9O2/c1-17(2)40-18(3)35-27-24(40)9-20(12-33-27)26-23(31)13-34-28(37-26)36-25-8-7-19(11-32-25)14-38-15-22-10-21(38)16-39(22)29(41)42-30(4,5)6/h7-9,11-13,17,21-22H,10,14-16H2,1-6H3,(H,32,34,36,37)/t21-,22-/m0/s1. The van der Waals surface area contributed by atoms with Gasteiger partial charge in [-0.15, -0.1) is 0 Å². The van der Waals surface area contributed by atoms with Crippen LogP contribution in [0.5, 0.6) is 0 Å². The van der Waals surface area contributed by atoms with Crippen molar-refractivity contribution in [3.05, 3.63) is 54.0 Å². The van der Waals surface area contributed by atoms with Gasteiger partial charge in [-0.1, -0.05) is 6.07 Å². The molecule has 0 aromatic carbocycles. The van der Waals surface area contributed by atoms with Gasteiger partial charge in [0.1, 0.15) is 22.9 Å². The van der Waals surface area contributed by atoms with E-state index in [4.69, 9.17) is 4.74 Å². The van der Waals surface area contributed by atoms with Gasteiger partial charge in [-0.2, -0.15) is 0 Å². The summed E-state index contributed by atoms with van der Waals surface area (Å²) in [7, 11) is 0. The number of likely N-dealkylation sites (tertiary alicyclic amines) is 2. The van der Waals surface area contributed by atoms with E-state index in [2.05, 4.69) is 53.6 Å². The molecule has 220 valence electrons. The van der Waals surface area contributed by atoms with E-state index in [1.54, 1.807) is 6.20 Å². The van der Waals surface area contributed by atoms with Crippen LogP contribution in [0.2, 0.25) is 0 Å². The highest BCUT2D eigenvalue weighted by molar-refractivity contribution is 5.78. The maximum absolute atomic E-state index is 14.9. The van der Waals surface area contributed by atoms with Crippen LogP contribution in [0, 0.1) is 12.7 Å². The van der Waals surface area contributed by atoms with Crippen LogP contribution in [-0.4, -0.2) is 76.2 Å². The maximum atomic E-state index is 14.9. The molecule has 2 atom stereocenters. The third-order valence-corrected chi connectivity index (χ3v) is 7.69. The monoisotopic (exact) mass is 573 g/mol. The van der Waals surface area contributed by atoms with Crippen molar-refractivity contribution >= 4 is 29.0 Å². The molecule has 0 radical (unpaired) electrons. The highest BCUT2D eigenvalue weighted by Gasteiger charge is 2.46. The van der Waals surface area contributed by atoms with Crippen LogP contribution < -0.4 is 5.32 Å². The number of hydrogen-bond donors (Lipinski definition) is 1. The number of piperazine rings is 1. The molecular formula is C30H36FN9O2. The maximum Gasteiger partial charge on any atom is 0.410 e. The van der Waals surface area contributed by atoms with Gasteiger partial charge in [0.05, 0.1) is 11.7 Å². The highest BCUT2D eigenvalue weighted by atomic mass is 19.1. The van der Waals surface area contributed by atoms with Crippen molar-refractivity contribution < 1.29 is 13.9 Å². The van der Waals surface area contributed by atoms with Crippen molar-refractivity contribution in [1.82, 2.24) is 39.3 Å². The molecule has 1 amide bonds. The van der Waals surface area contributed by atoms with Crippen LogP contribution in [0.25, 0.3) is 22.4 Å². The molecule has 11 nitrogen and oxygen atoms in total. The number of hydrogen-bond acceptors (Lipinski definition) is 9. The molecule has 2 saturated heterocycles. The van der Waals surface area contributed by atoms with Gasteiger partial charge in [-0.3, -0.25) is 4.90 Å². The SMILES string of the molecule is Cc1nc2ncc(-c3nc(Nc4ccc(CN5C[C@@H]6C[C@H]5CN6C(=O)OC(C)(C)C)cn4)ncc3F)cc2n1C(C)C. The average molecular weight is 574 g/mol. The van der Waals surface area contributed by atoms with Crippen molar-refractivity contribution in [2.24, 2.45) is 0 Å². The lowest BCUT2D eigenvalue weighted by molar-refractivity contribution is 0.0124. The molecule has 0 unspecified atom stereocenters. The number of carbonyl (C=O) groups excluding carboxylic acids is 1. The first-order valence-corrected chi connectivity index (χ1v) is 14.3. The van der Waals surface area contributed by atoms with Gasteiger partial charge in [0.15, 0.2) is 11.5 Å². The largest absolute Gasteiger partial charge is 0.444 e. The molecule has 12 heteroatoms. The van der Waals surface area contributed by atoms with Crippen molar-refractivity contribution in [3.8, 4) is 11.3 Å². The van der Waals surface area contributed by atoms with Gasteiger partial charge < -0.3 is 19.5 Å². The Morgan fingerprint density at radius 1 is 1.10 bits per heavy atom. The fourth-order valence-corrected chi connectivity index (χ4v) is 5.93. The van der Waals surface area contributed by atoms with E-state index in [-0.39, 0.29) is 29.8 Å². The first-order chi connectivity index (χ1) is 19.9. The third-order valence-electron chi connectivity index (χ3n) is 7.69. The summed E-state index contributed by atoms with van der Waals surface area (Å²) in [6, 6.07) is 6.40. The average Bonchev–Trinajstić information content (AvgIpc) is 3.61. The summed E-state index contributed by atoms with van der Waals surface area (Å²) >= 11 is 0. The van der Waals surface area contributed by atoms with E-state index in [1.165, 1.54) is 0 Å². The number of aromatic nitrogens is 6. The zero-order chi connectivity index (χ0) is 29.8. The number of amides is 1. The Balaban J connectivity index is 1.12. The number of anilines is 2. The summed E-state index contributed by atoms with van der Waals surface area (Å²) in [5.41, 5.74) is 2.70. The lowest BCUT2D eigenvalue weighted by atomic mass is 10.2. The predicted octanol–water partition coefficient (Wildman–Crippen LogP) is 5.25. The topological polar surface area (TPSA) is 114 Å². The summed E-state index contributed by atoms with van der Waals surface area (Å²) in [5.74, 6) is 1.10. The number of rotatable bonds is 6. The lowest BCUT2D eigenvalue weighted by Crippen LogP contribution is -2.49. The number of imidazole rings is 1. The Bertz CT molecular complexity index is 1630. The Morgan fingerprint density at radius 2 is 1.90 bits per heavy atom. The third kappa shape index (κ3) is 5.50. The molecule has 4 aromatic rings. The molecule has 4 aromatic heterocycles. The zero-order valence-corrected chi connectivity index (χ0v) is 24.8. The van der Waals surface area contributed by atoms with Gasteiger partial charge in [0, 0.05) is 55.7 Å². The minimum Gasteiger partial charge on any atom is -0.444 e. The molecule has 42 heavy (non-hydrogen) atoms. The highest BCUT2D eigenvalue weighted by Crippen LogP contribution is 2.33. The van der Waals surface area contributed by atoms with Gasteiger partial charge in [-0.25, -0.2) is 34.1 Å². The number of aryl methyl sites for hydroxylation is 1. The van der Waals surface area contributed by atoms with Crippen LogP contribution in [0.4, 0.5) is 21.0 Å². The quantitative estimate of drug-likeness (QED) is 0.330. The van der Waals surface area contributed by atoms with Crippen LogP contribution >= 0.6 is 0 Å². The molecule has 0 saturated carbocycles. The normalized spacial score (nSPS) is 18.8. The Hall–Kier alpha value is -4.19. The minimum atomic E-state index is -0.539. The molecule has 2 aliphatic rings. The van der Waals surface area contributed by atoms with Crippen LogP contribution in [-0.2, 0) is 11.3 Å². The zero-order valence-electron chi connectivity index (χ0n) is 24.8. The fourth-order valence-electron chi connectivity index (χ4n) is 5.93. The number of pyridine rings is 2. The summed E-state index contributed by atoms with van der Waals surface area (Å²) < 4.78 is 22.5. The van der Waals surface area contributed by atoms with E-state index in [1.807, 2.05) is 57.0 Å². The molecular weight excluding hydrogens is 537 g/mol. The number of carbonyl (C=O) groups is 1. The van der Waals surface area contributed by atoms with Gasteiger partial charge in [0.25, 0.3) is 0 Å². The van der Waals surface area contributed by atoms with Crippen LogP contribution in [0.3, 0.4) is 0 Å². The number of ether oxygens (including phenoxy) is 1. The second kappa shape index (κ2) is 10.6. The molecule has 6 rings (SSSR count). The Kier molecular flexibility index (Phi) is 7.04. The molecule has 2 bridgehead atoms. The predicted molar refractivity (Wildman–Crippen MR) is 157 cm³/mol. The summed E-state index contributed by atoms with van der Waals surface area (Å²) in [5, 5.41) is 3.09. The van der Waals surface area contributed by atoms with Crippen molar-refractivity contribution in [2.75, 3.05) is 18.4 Å². The van der Waals surface area contributed by atoms with E-state index in [0.29, 0.717) is 29.6 Å². The molecule has 6 heterocycles. The summed E-state index contributed by atoms with van der Waals surface area (Å²) in [6.07, 6.45) is 5.28. The van der Waals surface area contributed by atoms with E-state index in [0.717, 1.165) is 42.6 Å². The van der Waals surface area contributed by atoms with Crippen molar-refractivity contribution in [2.45, 2.75) is 78.2 Å². The first kappa shape index (κ1) is 28.0. The Labute approximate surface area is 244 Å². The van der Waals surface area contributed by atoms with Crippen LogP contribution in [0.1, 0.15) is 58.5 Å². The van der Waals surface area contributed by atoms with Gasteiger partial charge in [-0.05, 0) is 65.7 Å². The lowest BCUT2D eigenvalue weighted by Gasteiger charge is -2.35. The number of halogens is 1. The minimum absolute atomic E-state index is 0.150. The Morgan fingerprint density at radius 3 is 2.57 bits per heavy atom. The second-order valence-corrected chi connectivity index (χ2v) is 12.4. The first-order valence-electron chi connectivity index (χ1n) is 14.3. The number of fused-ring (bicyclic) bond motifs is 3. The van der Waals surface area contributed by atoms with E-state index < -0.39 is 11.4 Å². The van der Waals surface area contributed by atoms with Gasteiger partial charge in [0.2, 0.25) is 5.95 Å². The summed E-state index contributed by atoms with van der Waals surface area (Å²) in [4.78, 5) is 38.9. The molecule has 0 spiro atoms. The van der Waals surface area contributed by atoms with E-state index in [9.17, 15) is 9.18 Å². The fraction of sp³-hybridized carbons (Fsp3) is 0.467. The second-order valence-electron chi connectivity index (χ2n) is 12.4. The van der Waals surface area contributed by atoms with E-state index >= 15 is 0 Å². The smallest absolute Gasteiger partial charge is 0.410 e. The molecule has 1 N–H and O–H groups in total. The molecule has 2 fully saturated rings. The van der Waals surface area contributed by atoms with Crippen molar-refractivity contribution in [1.29, 1.82) is 0 Å².